The molecule has 0 radical (unpaired) electrons. The third-order valence-electron chi connectivity index (χ3n) is 9.51. The summed E-state index contributed by atoms with van der Waals surface area (Å²) in [6.45, 7) is 3.74. The van der Waals surface area contributed by atoms with Gasteiger partial charge in [0.05, 0.1) is 43.5 Å². The van der Waals surface area contributed by atoms with Crippen LogP contribution in [-0.2, 0) is 54.2 Å². The van der Waals surface area contributed by atoms with Crippen LogP contribution in [0.3, 0.4) is 0 Å². The van der Waals surface area contributed by atoms with E-state index in [1.165, 1.54) is 22.8 Å². The van der Waals surface area contributed by atoms with E-state index in [9.17, 15) is 31.9 Å². The zero-order valence-corrected chi connectivity index (χ0v) is 29.4. The van der Waals surface area contributed by atoms with Crippen LogP contribution < -0.4 is 22.3 Å². The summed E-state index contributed by atoms with van der Waals surface area (Å²) < 4.78 is 87.7. The van der Waals surface area contributed by atoms with Crippen molar-refractivity contribution in [1.82, 2.24) is 19.4 Å². The lowest BCUT2D eigenvalue weighted by molar-refractivity contribution is -0.153. The summed E-state index contributed by atoms with van der Waals surface area (Å²) in [5, 5.41) is 2.74. The highest BCUT2D eigenvalue weighted by Crippen LogP contribution is 2.43. The number of nitrogens with two attached hydrogens (primary N) is 1. The fraction of sp³-hybridized carbons (Fsp3) is 0.432. The monoisotopic (exact) mass is 745 g/mol. The Bertz CT molecular complexity index is 2110. The number of aromatic nitrogens is 2. The van der Waals surface area contributed by atoms with E-state index in [0.29, 0.717) is 24.3 Å². The summed E-state index contributed by atoms with van der Waals surface area (Å²) >= 11 is 0. The van der Waals surface area contributed by atoms with Crippen LogP contribution >= 0.6 is 0 Å². The fourth-order valence-corrected chi connectivity index (χ4v) is 6.96. The number of likely N-dealkylation sites (tertiary alicyclic amines) is 1. The number of hydrogen-bond acceptors (Lipinski definition) is 8. The number of fused-ring (bicyclic) bond motifs is 2. The standard InChI is InChI=1S/C37H40F5N5O6/c1-35(2,3)53-33(49)44-28(22-6-4-8-24(43)16-22)20-47-32(48)31-29(46(34(47)50)19-26-23(17-38)7-5-9-27(26)39)21-51-36(31)12-14-45(15-13-36)18-25-10-11-30(52-25)37(40,41)42/h4-11,16,28H,12-15,17-21,43H2,1-3H3,(H,44,49). The number of amides is 1. The highest BCUT2D eigenvalue weighted by atomic mass is 19.4. The van der Waals surface area contributed by atoms with Gasteiger partial charge in [0.25, 0.3) is 5.56 Å². The maximum absolute atomic E-state index is 15.2. The summed E-state index contributed by atoms with van der Waals surface area (Å²) in [5.41, 5.74) is 3.62. The third kappa shape index (κ3) is 8.03. The van der Waals surface area contributed by atoms with Gasteiger partial charge in [-0.05, 0) is 75.1 Å². The van der Waals surface area contributed by atoms with Gasteiger partial charge in [-0.1, -0.05) is 24.3 Å². The second kappa shape index (κ2) is 14.5. The Labute approximate surface area is 301 Å². The molecule has 1 unspecified atom stereocenters. The average Bonchev–Trinajstić information content (AvgIpc) is 3.71. The average molecular weight is 746 g/mol. The first-order valence-corrected chi connectivity index (χ1v) is 17.0. The van der Waals surface area contributed by atoms with Crippen LogP contribution in [0, 0.1) is 5.82 Å². The van der Waals surface area contributed by atoms with Crippen molar-refractivity contribution in [3.8, 4) is 0 Å². The molecule has 0 saturated carbocycles. The number of carbonyl (C=O) groups excluding carboxylic acids is 1. The van der Waals surface area contributed by atoms with Crippen LogP contribution in [-0.4, -0.2) is 38.8 Å². The number of alkyl halides is 4. The molecule has 2 aromatic carbocycles. The van der Waals surface area contributed by atoms with Gasteiger partial charge in [-0.15, -0.1) is 0 Å². The minimum atomic E-state index is -4.62. The van der Waals surface area contributed by atoms with Crippen molar-refractivity contribution in [2.24, 2.45) is 0 Å². The van der Waals surface area contributed by atoms with Crippen molar-refractivity contribution in [1.29, 1.82) is 0 Å². The van der Waals surface area contributed by atoms with Gasteiger partial charge < -0.3 is 24.9 Å². The molecule has 1 atom stereocenters. The Hall–Kier alpha value is -4.96. The molecule has 1 saturated heterocycles. The van der Waals surface area contributed by atoms with Crippen molar-refractivity contribution in [3.05, 3.63) is 121 Å². The van der Waals surface area contributed by atoms with Gasteiger partial charge >= 0.3 is 18.0 Å². The second-order valence-corrected chi connectivity index (χ2v) is 14.3. The molecule has 0 aliphatic carbocycles. The number of benzene rings is 2. The number of piperidine rings is 1. The summed E-state index contributed by atoms with van der Waals surface area (Å²) in [5.74, 6) is -1.72. The first-order valence-electron chi connectivity index (χ1n) is 17.0. The number of rotatable bonds is 9. The number of nitrogen functional groups attached to an aromatic ring is 1. The van der Waals surface area contributed by atoms with Crippen LogP contribution in [0.1, 0.15) is 79.1 Å². The maximum atomic E-state index is 15.2. The van der Waals surface area contributed by atoms with Crippen molar-refractivity contribution >= 4 is 11.8 Å². The van der Waals surface area contributed by atoms with Gasteiger partial charge in [0.1, 0.15) is 29.5 Å². The molecular weight excluding hydrogens is 705 g/mol. The van der Waals surface area contributed by atoms with E-state index in [2.05, 4.69) is 5.32 Å². The molecular formula is C37H40F5N5O6. The molecule has 2 aliphatic rings. The first kappa shape index (κ1) is 37.8. The van der Waals surface area contributed by atoms with Crippen molar-refractivity contribution in [3.63, 3.8) is 0 Å². The lowest BCUT2D eigenvalue weighted by Gasteiger charge is -2.38. The van der Waals surface area contributed by atoms with E-state index in [1.807, 2.05) is 4.90 Å². The minimum absolute atomic E-state index is 0.0289. The van der Waals surface area contributed by atoms with Gasteiger partial charge in [-0.2, -0.15) is 13.2 Å². The Morgan fingerprint density at radius 2 is 1.74 bits per heavy atom. The quantitative estimate of drug-likeness (QED) is 0.154. The van der Waals surface area contributed by atoms with Crippen LogP contribution in [0.5, 0.6) is 0 Å². The van der Waals surface area contributed by atoms with Crippen molar-refractivity contribution < 1.29 is 40.6 Å². The zero-order chi connectivity index (χ0) is 38.3. The van der Waals surface area contributed by atoms with Gasteiger partial charge in [0, 0.05) is 24.3 Å². The predicted octanol–water partition coefficient (Wildman–Crippen LogP) is 6.15. The van der Waals surface area contributed by atoms with Crippen LogP contribution in [0.2, 0.25) is 0 Å². The van der Waals surface area contributed by atoms with Crippen molar-refractivity contribution in [2.45, 2.75) is 89.9 Å². The molecule has 2 aliphatic heterocycles. The number of ether oxygens (including phenoxy) is 2. The van der Waals surface area contributed by atoms with Gasteiger partial charge in [0.2, 0.25) is 5.76 Å². The molecule has 11 nitrogen and oxygen atoms in total. The number of nitrogens with zero attached hydrogens (tertiary/aromatic N) is 3. The lowest BCUT2D eigenvalue weighted by atomic mass is 9.85. The van der Waals surface area contributed by atoms with Gasteiger partial charge in [-0.3, -0.25) is 18.8 Å². The Kier molecular flexibility index (Phi) is 10.3. The third-order valence-corrected chi connectivity index (χ3v) is 9.51. The molecule has 4 heterocycles. The largest absolute Gasteiger partial charge is 0.455 e. The summed E-state index contributed by atoms with van der Waals surface area (Å²) in [4.78, 5) is 43.9. The SMILES string of the molecule is CC(C)(C)OC(=O)NC(Cn1c(=O)c2c(n(Cc3c(F)cccc3CF)c1=O)COC21CCN(Cc2ccc(C(F)(F)F)o2)CC1)c1cccc(N)c1. The van der Waals surface area contributed by atoms with Gasteiger partial charge in [0.15, 0.2) is 0 Å². The zero-order valence-electron chi connectivity index (χ0n) is 29.4. The molecule has 1 amide bonds. The molecule has 16 heteroatoms. The Morgan fingerprint density at radius 1 is 1.02 bits per heavy atom. The van der Waals surface area contributed by atoms with E-state index in [-0.39, 0.29) is 60.7 Å². The summed E-state index contributed by atoms with van der Waals surface area (Å²) in [7, 11) is 0. The Morgan fingerprint density at radius 3 is 2.38 bits per heavy atom. The van der Waals surface area contributed by atoms with E-state index >= 15 is 4.39 Å². The lowest BCUT2D eigenvalue weighted by Crippen LogP contribution is -2.50. The predicted molar refractivity (Wildman–Crippen MR) is 183 cm³/mol. The number of alkyl carbamates (subject to hydrolysis) is 1. The molecule has 4 aromatic rings. The number of nitrogens with one attached hydrogen (secondary N) is 1. The normalized spacial score (nSPS) is 16.5. The van der Waals surface area contributed by atoms with Crippen molar-refractivity contribution in [2.75, 3.05) is 18.8 Å². The molecule has 1 spiro atoms. The number of carbonyl (C=O) groups is 1. The van der Waals surface area contributed by atoms with Crippen LogP contribution in [0.15, 0.2) is 68.6 Å². The van der Waals surface area contributed by atoms with E-state index in [0.717, 1.165) is 16.7 Å². The highest BCUT2D eigenvalue weighted by molar-refractivity contribution is 5.68. The van der Waals surface area contributed by atoms with E-state index in [1.54, 1.807) is 45.0 Å². The molecule has 6 rings (SSSR count). The Balaban J connectivity index is 1.41. The smallest absolute Gasteiger partial charge is 0.449 e. The van der Waals surface area contributed by atoms with Crippen LogP contribution in [0.25, 0.3) is 0 Å². The topological polar surface area (TPSA) is 134 Å². The summed E-state index contributed by atoms with van der Waals surface area (Å²) in [6.07, 6.45) is -4.98. The van der Waals surface area contributed by atoms with Gasteiger partial charge in [-0.25, -0.2) is 18.4 Å². The van der Waals surface area contributed by atoms with Crippen LogP contribution in [0.4, 0.5) is 32.4 Å². The maximum Gasteiger partial charge on any atom is 0.449 e. The number of halogens is 5. The molecule has 1 fully saturated rings. The molecule has 284 valence electrons. The highest BCUT2D eigenvalue weighted by Gasteiger charge is 2.47. The minimum Gasteiger partial charge on any atom is -0.455 e. The number of hydrogen-bond donors (Lipinski definition) is 2. The molecule has 2 aromatic heterocycles. The summed E-state index contributed by atoms with van der Waals surface area (Å²) in [6, 6.07) is 11.6. The van der Waals surface area contributed by atoms with E-state index < -0.39 is 65.6 Å². The fourth-order valence-electron chi connectivity index (χ4n) is 6.96. The second-order valence-electron chi connectivity index (χ2n) is 14.3. The number of anilines is 1. The molecule has 3 N–H and O–H groups in total. The molecule has 0 bridgehead atoms. The molecule has 53 heavy (non-hydrogen) atoms. The number of furan rings is 1. The first-order chi connectivity index (χ1) is 25.0. The van der Waals surface area contributed by atoms with E-state index in [4.69, 9.17) is 19.6 Å².